The lowest BCUT2D eigenvalue weighted by Gasteiger charge is -2.16. The van der Waals surface area contributed by atoms with Crippen molar-refractivity contribution in [2.45, 2.75) is 13.0 Å². The highest BCUT2D eigenvalue weighted by atomic mass is 16.5. The number of rotatable bonds is 6. The van der Waals surface area contributed by atoms with Crippen LogP contribution in [0, 0.1) is 6.92 Å². The molecule has 21 heavy (non-hydrogen) atoms. The van der Waals surface area contributed by atoms with Crippen molar-refractivity contribution in [3.05, 3.63) is 53.6 Å². The van der Waals surface area contributed by atoms with E-state index in [2.05, 4.69) is 0 Å². The van der Waals surface area contributed by atoms with Gasteiger partial charge in [0.25, 0.3) is 0 Å². The summed E-state index contributed by atoms with van der Waals surface area (Å²) in [5, 5.41) is 0. The highest BCUT2D eigenvalue weighted by Crippen LogP contribution is 2.28. The molecule has 4 heteroatoms. The fourth-order valence-electron chi connectivity index (χ4n) is 2.02. The van der Waals surface area contributed by atoms with Crippen molar-refractivity contribution in [1.82, 2.24) is 0 Å². The molecular formula is C17H21NO3. The minimum absolute atomic E-state index is 0.207. The topological polar surface area (TPSA) is 53.7 Å². The van der Waals surface area contributed by atoms with E-state index in [1.807, 2.05) is 49.4 Å². The zero-order valence-corrected chi connectivity index (χ0v) is 12.6. The van der Waals surface area contributed by atoms with Gasteiger partial charge in [-0.3, -0.25) is 0 Å². The molecule has 0 aromatic heterocycles. The van der Waals surface area contributed by atoms with E-state index in [4.69, 9.17) is 19.9 Å². The van der Waals surface area contributed by atoms with Gasteiger partial charge in [0.15, 0.2) is 11.5 Å². The molecule has 0 aliphatic rings. The van der Waals surface area contributed by atoms with Gasteiger partial charge in [-0.05, 0) is 42.3 Å². The molecule has 0 saturated heterocycles. The SMILES string of the molecule is COc1ccc(C(N)COc2ccc(C)cc2OC)cc1. The van der Waals surface area contributed by atoms with E-state index in [9.17, 15) is 0 Å². The number of methoxy groups -OCH3 is 2. The fraction of sp³-hybridized carbons (Fsp3) is 0.294. The first-order chi connectivity index (χ1) is 10.1. The summed E-state index contributed by atoms with van der Waals surface area (Å²) < 4.78 is 16.2. The molecule has 0 heterocycles. The van der Waals surface area contributed by atoms with Crippen LogP contribution in [0.3, 0.4) is 0 Å². The van der Waals surface area contributed by atoms with Crippen molar-refractivity contribution < 1.29 is 14.2 Å². The molecule has 4 nitrogen and oxygen atoms in total. The summed E-state index contributed by atoms with van der Waals surface area (Å²) in [5.41, 5.74) is 8.27. The number of aryl methyl sites for hydroxylation is 1. The summed E-state index contributed by atoms with van der Waals surface area (Å²) in [4.78, 5) is 0. The largest absolute Gasteiger partial charge is 0.497 e. The smallest absolute Gasteiger partial charge is 0.161 e. The zero-order valence-electron chi connectivity index (χ0n) is 12.6. The monoisotopic (exact) mass is 287 g/mol. The van der Waals surface area contributed by atoms with Gasteiger partial charge >= 0.3 is 0 Å². The Balaban J connectivity index is 2.01. The molecule has 2 N–H and O–H groups in total. The molecule has 2 aromatic rings. The van der Waals surface area contributed by atoms with Gasteiger partial charge in [0.2, 0.25) is 0 Å². The Morgan fingerprint density at radius 3 is 2.29 bits per heavy atom. The first-order valence-electron chi connectivity index (χ1n) is 6.81. The highest BCUT2D eigenvalue weighted by Gasteiger charge is 2.10. The summed E-state index contributed by atoms with van der Waals surface area (Å²) >= 11 is 0. The fourth-order valence-corrected chi connectivity index (χ4v) is 2.02. The molecule has 0 bridgehead atoms. The van der Waals surface area contributed by atoms with Crippen LogP contribution in [0.15, 0.2) is 42.5 Å². The van der Waals surface area contributed by atoms with Crippen molar-refractivity contribution in [3.63, 3.8) is 0 Å². The number of ether oxygens (including phenoxy) is 3. The van der Waals surface area contributed by atoms with E-state index in [0.717, 1.165) is 22.6 Å². The lowest BCUT2D eigenvalue weighted by atomic mass is 10.1. The Morgan fingerprint density at radius 2 is 1.67 bits per heavy atom. The average Bonchev–Trinajstić information content (AvgIpc) is 2.53. The summed E-state index contributed by atoms with van der Waals surface area (Å²) in [7, 11) is 3.27. The van der Waals surface area contributed by atoms with Crippen molar-refractivity contribution in [1.29, 1.82) is 0 Å². The molecule has 2 rings (SSSR count). The molecule has 112 valence electrons. The highest BCUT2D eigenvalue weighted by molar-refractivity contribution is 5.42. The van der Waals surface area contributed by atoms with Gasteiger partial charge in [-0.15, -0.1) is 0 Å². The Morgan fingerprint density at radius 1 is 0.952 bits per heavy atom. The third kappa shape index (κ3) is 3.89. The Bertz CT molecular complexity index is 581. The van der Waals surface area contributed by atoms with Crippen LogP contribution in [-0.4, -0.2) is 20.8 Å². The van der Waals surface area contributed by atoms with Gasteiger partial charge in [-0.25, -0.2) is 0 Å². The van der Waals surface area contributed by atoms with E-state index in [-0.39, 0.29) is 6.04 Å². The number of nitrogens with two attached hydrogens (primary N) is 1. The Kier molecular flexibility index (Phi) is 5.06. The van der Waals surface area contributed by atoms with Gasteiger partial charge in [0.05, 0.1) is 20.3 Å². The van der Waals surface area contributed by atoms with Gasteiger partial charge in [-0.1, -0.05) is 18.2 Å². The first-order valence-corrected chi connectivity index (χ1v) is 6.81. The standard InChI is InChI=1S/C17H21NO3/c1-12-4-9-16(17(10-12)20-3)21-11-15(18)13-5-7-14(19-2)8-6-13/h4-10,15H,11,18H2,1-3H3. The lowest BCUT2D eigenvalue weighted by Crippen LogP contribution is -2.19. The first kappa shape index (κ1) is 15.2. The molecule has 2 aromatic carbocycles. The second-order valence-electron chi connectivity index (χ2n) is 4.84. The van der Waals surface area contributed by atoms with E-state index in [1.165, 1.54) is 0 Å². The van der Waals surface area contributed by atoms with Crippen LogP contribution in [0.4, 0.5) is 0 Å². The lowest BCUT2D eigenvalue weighted by molar-refractivity contribution is 0.273. The number of hydrogen-bond acceptors (Lipinski definition) is 4. The van der Waals surface area contributed by atoms with Gasteiger partial charge < -0.3 is 19.9 Å². The van der Waals surface area contributed by atoms with Crippen molar-refractivity contribution in [2.75, 3.05) is 20.8 Å². The molecule has 0 aliphatic heterocycles. The second-order valence-corrected chi connectivity index (χ2v) is 4.84. The summed E-state index contributed by atoms with van der Waals surface area (Å²) in [6.07, 6.45) is 0. The zero-order chi connectivity index (χ0) is 15.2. The van der Waals surface area contributed by atoms with Crippen LogP contribution in [0.25, 0.3) is 0 Å². The molecule has 0 spiro atoms. The summed E-state index contributed by atoms with van der Waals surface area (Å²) in [6.45, 7) is 2.39. The molecule has 0 saturated carbocycles. The molecule has 0 aliphatic carbocycles. The molecule has 1 atom stereocenters. The van der Waals surface area contributed by atoms with E-state index < -0.39 is 0 Å². The minimum atomic E-state index is -0.207. The third-order valence-corrected chi connectivity index (χ3v) is 3.28. The van der Waals surface area contributed by atoms with E-state index >= 15 is 0 Å². The number of benzene rings is 2. The molecule has 1 unspecified atom stereocenters. The van der Waals surface area contributed by atoms with Crippen LogP contribution >= 0.6 is 0 Å². The van der Waals surface area contributed by atoms with Crippen molar-refractivity contribution in [3.8, 4) is 17.2 Å². The average molecular weight is 287 g/mol. The van der Waals surface area contributed by atoms with Crippen molar-refractivity contribution >= 4 is 0 Å². The maximum absolute atomic E-state index is 6.15. The van der Waals surface area contributed by atoms with Gasteiger partial charge in [-0.2, -0.15) is 0 Å². The quantitative estimate of drug-likeness (QED) is 0.887. The number of hydrogen-bond donors (Lipinski definition) is 1. The molecule has 0 radical (unpaired) electrons. The minimum Gasteiger partial charge on any atom is -0.497 e. The molecular weight excluding hydrogens is 266 g/mol. The van der Waals surface area contributed by atoms with E-state index in [1.54, 1.807) is 14.2 Å². The van der Waals surface area contributed by atoms with Crippen LogP contribution in [0.2, 0.25) is 0 Å². The van der Waals surface area contributed by atoms with Crippen LogP contribution < -0.4 is 19.9 Å². The normalized spacial score (nSPS) is 11.8. The Labute approximate surface area is 125 Å². The van der Waals surface area contributed by atoms with Crippen LogP contribution in [-0.2, 0) is 0 Å². The molecule has 0 fully saturated rings. The summed E-state index contributed by atoms with van der Waals surface area (Å²) in [5.74, 6) is 2.23. The molecule has 0 amide bonds. The maximum Gasteiger partial charge on any atom is 0.161 e. The van der Waals surface area contributed by atoms with Crippen LogP contribution in [0.5, 0.6) is 17.2 Å². The second kappa shape index (κ2) is 6.99. The van der Waals surface area contributed by atoms with Crippen molar-refractivity contribution in [2.24, 2.45) is 5.73 Å². The van der Waals surface area contributed by atoms with Gasteiger partial charge in [0.1, 0.15) is 12.4 Å². The van der Waals surface area contributed by atoms with Gasteiger partial charge in [0, 0.05) is 0 Å². The van der Waals surface area contributed by atoms with E-state index in [0.29, 0.717) is 12.4 Å². The van der Waals surface area contributed by atoms with Crippen LogP contribution in [0.1, 0.15) is 17.2 Å². The predicted octanol–water partition coefficient (Wildman–Crippen LogP) is 3.09. The maximum atomic E-state index is 6.15. The third-order valence-electron chi connectivity index (χ3n) is 3.28. The summed E-state index contributed by atoms with van der Waals surface area (Å²) in [6, 6.07) is 13.3. The Hall–Kier alpha value is -2.20. The predicted molar refractivity (Wildman–Crippen MR) is 83.1 cm³/mol.